The van der Waals surface area contributed by atoms with Crippen LogP contribution in [-0.2, 0) is 4.74 Å². The van der Waals surface area contributed by atoms with Crippen molar-refractivity contribution in [1.82, 2.24) is 0 Å². The van der Waals surface area contributed by atoms with Crippen molar-refractivity contribution >= 4 is 67.8 Å². The average molecular weight is 587 g/mol. The normalized spacial score (nSPS) is 40.9. The van der Waals surface area contributed by atoms with Crippen LogP contribution in [0.3, 0.4) is 0 Å². The summed E-state index contributed by atoms with van der Waals surface area (Å²) in [6, 6.07) is -1.07. The van der Waals surface area contributed by atoms with E-state index in [1.807, 2.05) is 22.6 Å². The lowest BCUT2D eigenvalue weighted by Gasteiger charge is -2.44. The summed E-state index contributed by atoms with van der Waals surface area (Å²) in [5, 5.41) is 29.1. The van der Waals surface area contributed by atoms with Gasteiger partial charge in [0.05, 0.1) is 12.1 Å². The summed E-state index contributed by atoms with van der Waals surface area (Å²) in [5.74, 6) is 0. The highest BCUT2D eigenvalue weighted by molar-refractivity contribution is 14.2. The van der Waals surface area contributed by atoms with E-state index in [-0.39, 0.29) is 4.43 Å². The minimum absolute atomic E-state index is 0.288. The van der Waals surface area contributed by atoms with Gasteiger partial charge in [0.15, 0.2) is 6.17 Å². The number of aliphatic hydroxyl groups excluding tert-OH is 3. The standard InChI is InChI=1S/C8H13FI3NO4/c9-7-5(16)3(13)6(17-8(7,11)12)4(15)2(14)1-10/h2-7,14-16H,1,13H2/t2-,3-,4-,5-,6-,7-/m1/s1. The van der Waals surface area contributed by atoms with Crippen molar-refractivity contribution in [3.05, 3.63) is 0 Å². The van der Waals surface area contributed by atoms with E-state index >= 15 is 0 Å². The Labute approximate surface area is 139 Å². The Morgan fingerprint density at radius 2 is 1.94 bits per heavy atom. The van der Waals surface area contributed by atoms with E-state index in [1.165, 1.54) is 0 Å². The molecule has 17 heavy (non-hydrogen) atoms. The number of hydrogen-bond acceptors (Lipinski definition) is 5. The zero-order valence-corrected chi connectivity index (χ0v) is 15.0. The molecule has 1 aliphatic rings. The first-order valence-corrected chi connectivity index (χ1v) is 8.46. The SMILES string of the molecule is N[C@@H]1[C@@H](O)[C@@H](F)C(I)(I)O[C@H]1[C@H](O)[C@H](O)CI. The van der Waals surface area contributed by atoms with Crippen LogP contribution >= 0.6 is 67.8 Å². The number of alkyl halides is 4. The molecule has 9 heteroatoms. The Hall–Kier alpha value is 1.92. The predicted octanol–water partition coefficient (Wildman–Crippen LogP) is 0.0921. The van der Waals surface area contributed by atoms with E-state index in [4.69, 9.17) is 10.5 Å². The van der Waals surface area contributed by atoms with Gasteiger partial charge in [-0.3, -0.25) is 0 Å². The first-order chi connectivity index (χ1) is 7.72. The van der Waals surface area contributed by atoms with Crippen LogP contribution in [-0.4, -0.2) is 58.0 Å². The Morgan fingerprint density at radius 3 is 2.41 bits per heavy atom. The number of nitrogens with two attached hydrogens (primary N) is 1. The Kier molecular flexibility index (Phi) is 6.57. The quantitative estimate of drug-likeness (QED) is 0.278. The predicted molar refractivity (Wildman–Crippen MR) is 85.4 cm³/mol. The first kappa shape index (κ1) is 17.0. The molecule has 0 aromatic rings. The van der Waals surface area contributed by atoms with Crippen LogP contribution in [0.5, 0.6) is 0 Å². The lowest BCUT2D eigenvalue weighted by atomic mass is 9.93. The largest absolute Gasteiger partial charge is 0.390 e. The molecular formula is C8H13FI3NO4. The van der Waals surface area contributed by atoms with Gasteiger partial charge in [-0.05, 0) is 45.2 Å². The molecule has 5 N–H and O–H groups in total. The molecule has 0 aromatic heterocycles. The summed E-state index contributed by atoms with van der Waals surface area (Å²) in [5.41, 5.74) is 5.63. The third-order valence-electron chi connectivity index (χ3n) is 2.58. The Bertz CT molecular complexity index is 269. The minimum Gasteiger partial charge on any atom is -0.390 e. The highest BCUT2D eigenvalue weighted by atomic mass is 127. The van der Waals surface area contributed by atoms with Crippen LogP contribution in [0, 0.1) is 0 Å². The molecule has 0 spiro atoms. The van der Waals surface area contributed by atoms with Crippen molar-refractivity contribution < 1.29 is 24.4 Å². The molecule has 0 unspecified atom stereocenters. The second-order valence-electron chi connectivity index (χ2n) is 3.83. The molecule has 1 heterocycles. The number of ether oxygens (including phenoxy) is 1. The van der Waals surface area contributed by atoms with Crippen LogP contribution < -0.4 is 5.73 Å². The van der Waals surface area contributed by atoms with Gasteiger partial charge in [0.2, 0.25) is 1.61 Å². The van der Waals surface area contributed by atoms with Crippen LogP contribution in [0.15, 0.2) is 0 Å². The fourth-order valence-corrected chi connectivity index (χ4v) is 3.37. The summed E-state index contributed by atoms with van der Waals surface area (Å²) in [7, 11) is 0. The number of halogens is 4. The molecule has 0 aromatic carbocycles. The van der Waals surface area contributed by atoms with Gasteiger partial charge < -0.3 is 25.8 Å². The van der Waals surface area contributed by atoms with E-state index in [0.29, 0.717) is 0 Å². The van der Waals surface area contributed by atoms with Gasteiger partial charge in [-0.25, -0.2) is 4.39 Å². The number of aliphatic hydroxyl groups is 3. The molecule has 0 radical (unpaired) electrons. The monoisotopic (exact) mass is 587 g/mol. The topological polar surface area (TPSA) is 95.9 Å². The van der Waals surface area contributed by atoms with E-state index in [0.717, 1.165) is 0 Å². The summed E-state index contributed by atoms with van der Waals surface area (Å²) in [6.45, 7) is 0. The average Bonchev–Trinajstić information content (AvgIpc) is 2.29. The van der Waals surface area contributed by atoms with E-state index in [9.17, 15) is 19.7 Å². The molecule has 102 valence electrons. The molecule has 1 rings (SSSR count). The lowest BCUT2D eigenvalue weighted by Crippen LogP contribution is -2.65. The zero-order valence-electron chi connectivity index (χ0n) is 8.51. The highest BCUT2D eigenvalue weighted by Crippen LogP contribution is 2.43. The number of rotatable bonds is 3. The summed E-state index contributed by atoms with van der Waals surface area (Å²) in [4.78, 5) is 0. The summed E-state index contributed by atoms with van der Waals surface area (Å²) < 4.78 is 18.0. The highest BCUT2D eigenvalue weighted by Gasteiger charge is 2.53. The van der Waals surface area contributed by atoms with Gasteiger partial charge in [0.1, 0.15) is 18.3 Å². The molecule has 6 atom stereocenters. The fourth-order valence-electron chi connectivity index (χ4n) is 1.52. The third kappa shape index (κ3) is 3.72. The van der Waals surface area contributed by atoms with Gasteiger partial charge >= 0.3 is 0 Å². The Balaban J connectivity index is 2.86. The van der Waals surface area contributed by atoms with Crippen molar-refractivity contribution in [1.29, 1.82) is 0 Å². The smallest absolute Gasteiger partial charge is 0.203 e. The van der Waals surface area contributed by atoms with Crippen molar-refractivity contribution in [3.63, 3.8) is 0 Å². The van der Waals surface area contributed by atoms with Crippen LogP contribution in [0.25, 0.3) is 0 Å². The van der Waals surface area contributed by atoms with E-state index in [2.05, 4.69) is 0 Å². The fraction of sp³-hybridized carbons (Fsp3) is 1.00. The summed E-state index contributed by atoms with van der Waals surface area (Å²) in [6.07, 6.45) is -6.38. The molecule has 1 fully saturated rings. The van der Waals surface area contributed by atoms with Crippen LogP contribution in [0.4, 0.5) is 4.39 Å². The second-order valence-corrected chi connectivity index (χ2v) is 9.98. The molecule has 5 nitrogen and oxygen atoms in total. The van der Waals surface area contributed by atoms with Crippen LogP contribution in [0.1, 0.15) is 0 Å². The molecular weight excluding hydrogens is 574 g/mol. The summed E-state index contributed by atoms with van der Waals surface area (Å²) >= 11 is 5.31. The molecule has 0 bridgehead atoms. The molecule has 0 aliphatic carbocycles. The minimum atomic E-state index is -1.65. The third-order valence-corrected chi connectivity index (χ3v) is 5.18. The molecule has 1 saturated heterocycles. The van der Waals surface area contributed by atoms with E-state index in [1.54, 1.807) is 45.2 Å². The van der Waals surface area contributed by atoms with Gasteiger partial charge in [0, 0.05) is 4.43 Å². The molecule has 0 amide bonds. The van der Waals surface area contributed by atoms with Crippen molar-refractivity contribution in [2.45, 2.75) is 38.2 Å². The maximum atomic E-state index is 13.7. The maximum Gasteiger partial charge on any atom is 0.203 e. The Morgan fingerprint density at radius 1 is 1.41 bits per heavy atom. The number of hydrogen-bond donors (Lipinski definition) is 4. The second kappa shape index (κ2) is 6.58. The lowest BCUT2D eigenvalue weighted by molar-refractivity contribution is -0.171. The van der Waals surface area contributed by atoms with Gasteiger partial charge in [0.25, 0.3) is 0 Å². The zero-order chi connectivity index (χ0) is 13.4. The van der Waals surface area contributed by atoms with Crippen molar-refractivity contribution in [2.24, 2.45) is 5.73 Å². The van der Waals surface area contributed by atoms with Crippen LogP contribution in [0.2, 0.25) is 0 Å². The molecule has 1 aliphatic heterocycles. The maximum absolute atomic E-state index is 13.7. The first-order valence-electron chi connectivity index (χ1n) is 4.77. The van der Waals surface area contributed by atoms with Gasteiger partial charge in [-0.2, -0.15) is 0 Å². The van der Waals surface area contributed by atoms with Gasteiger partial charge in [-0.15, -0.1) is 0 Å². The van der Waals surface area contributed by atoms with E-state index < -0.39 is 38.2 Å². The molecule has 0 saturated carbocycles. The van der Waals surface area contributed by atoms with Crippen molar-refractivity contribution in [2.75, 3.05) is 4.43 Å². The van der Waals surface area contributed by atoms with Gasteiger partial charge in [-0.1, -0.05) is 22.6 Å². The van der Waals surface area contributed by atoms with Crippen molar-refractivity contribution in [3.8, 4) is 0 Å².